The van der Waals surface area contributed by atoms with Gasteiger partial charge in [-0.2, -0.15) is 5.10 Å². The van der Waals surface area contributed by atoms with Gasteiger partial charge >= 0.3 is 5.97 Å². The Labute approximate surface area is 160 Å². The lowest BCUT2D eigenvalue weighted by Gasteiger charge is -2.13. The van der Waals surface area contributed by atoms with E-state index in [4.69, 9.17) is 9.47 Å². The first-order valence-electron chi connectivity index (χ1n) is 8.44. The number of carbonyl (C=O) groups is 2. The third-order valence-electron chi connectivity index (χ3n) is 3.88. The Morgan fingerprint density at radius 2 is 1.79 bits per heavy atom. The minimum atomic E-state index is -1.09. The van der Waals surface area contributed by atoms with Crippen molar-refractivity contribution in [1.29, 1.82) is 0 Å². The van der Waals surface area contributed by atoms with E-state index in [-0.39, 0.29) is 11.4 Å². The number of esters is 1. The van der Waals surface area contributed by atoms with Gasteiger partial charge in [0.05, 0.1) is 19.0 Å². The molecule has 28 heavy (non-hydrogen) atoms. The minimum absolute atomic E-state index is 0.0483. The predicted molar refractivity (Wildman–Crippen MR) is 100 cm³/mol. The lowest BCUT2D eigenvalue weighted by Crippen LogP contribution is -2.30. The fourth-order valence-corrected chi connectivity index (χ4v) is 2.41. The van der Waals surface area contributed by atoms with E-state index in [1.807, 2.05) is 30.3 Å². The zero-order valence-corrected chi connectivity index (χ0v) is 15.3. The first-order valence-corrected chi connectivity index (χ1v) is 8.44. The molecule has 0 bridgehead atoms. The molecular weight excluding hydrogens is 365 g/mol. The van der Waals surface area contributed by atoms with Crippen LogP contribution in [0.5, 0.6) is 5.75 Å². The molecule has 1 atom stereocenters. The van der Waals surface area contributed by atoms with Gasteiger partial charge in [-0.25, -0.2) is 13.9 Å². The fourth-order valence-electron chi connectivity index (χ4n) is 2.41. The van der Waals surface area contributed by atoms with Crippen molar-refractivity contribution in [3.63, 3.8) is 0 Å². The van der Waals surface area contributed by atoms with Crippen molar-refractivity contribution < 1.29 is 23.5 Å². The number of anilines is 1. The Kier molecular flexibility index (Phi) is 5.69. The van der Waals surface area contributed by atoms with Gasteiger partial charge in [0, 0.05) is 5.69 Å². The second kappa shape index (κ2) is 8.34. The molecule has 0 spiro atoms. The number of carbonyl (C=O) groups excluding carboxylic acids is 2. The van der Waals surface area contributed by atoms with E-state index in [9.17, 15) is 14.0 Å². The van der Waals surface area contributed by atoms with Gasteiger partial charge in [0.15, 0.2) is 11.9 Å². The Morgan fingerprint density at radius 3 is 2.43 bits per heavy atom. The van der Waals surface area contributed by atoms with E-state index >= 15 is 0 Å². The van der Waals surface area contributed by atoms with Crippen molar-refractivity contribution in [3.8, 4) is 11.4 Å². The zero-order chi connectivity index (χ0) is 20.1. The maximum Gasteiger partial charge on any atom is 0.363 e. The summed E-state index contributed by atoms with van der Waals surface area (Å²) in [6.45, 7) is 1.43. The molecule has 0 aliphatic carbocycles. The molecule has 0 saturated heterocycles. The standard InChI is InChI=1S/C20H18FN3O4/c1-13(19(25)22-15-10-8-14(21)9-11-15)28-20(26)18-17(27-2)12-24(23-18)16-6-4-3-5-7-16/h3-13H,1-2H3,(H,22,25)/t13-/m1/s1. The third-order valence-corrected chi connectivity index (χ3v) is 3.88. The summed E-state index contributed by atoms with van der Waals surface area (Å²) in [7, 11) is 1.41. The number of para-hydroxylation sites is 1. The molecule has 1 N–H and O–H groups in total. The number of hydrogen-bond acceptors (Lipinski definition) is 5. The summed E-state index contributed by atoms with van der Waals surface area (Å²) in [5.74, 6) is -1.55. The van der Waals surface area contributed by atoms with Crippen molar-refractivity contribution in [2.45, 2.75) is 13.0 Å². The smallest absolute Gasteiger partial charge is 0.363 e. The fraction of sp³-hybridized carbons (Fsp3) is 0.150. The number of ether oxygens (including phenoxy) is 2. The topological polar surface area (TPSA) is 82.5 Å². The highest BCUT2D eigenvalue weighted by Gasteiger charge is 2.25. The van der Waals surface area contributed by atoms with E-state index in [1.54, 1.807) is 6.20 Å². The van der Waals surface area contributed by atoms with Crippen LogP contribution in [0.3, 0.4) is 0 Å². The summed E-state index contributed by atoms with van der Waals surface area (Å²) < 4.78 is 24.8. The first kappa shape index (κ1) is 19.1. The minimum Gasteiger partial charge on any atom is -0.493 e. The van der Waals surface area contributed by atoms with Crippen LogP contribution in [0.1, 0.15) is 17.4 Å². The molecule has 1 aromatic heterocycles. The second-order valence-electron chi connectivity index (χ2n) is 5.87. The predicted octanol–water partition coefficient (Wildman–Crippen LogP) is 3.20. The van der Waals surface area contributed by atoms with Crippen molar-refractivity contribution in [2.75, 3.05) is 12.4 Å². The second-order valence-corrected chi connectivity index (χ2v) is 5.87. The van der Waals surface area contributed by atoms with Gasteiger partial charge in [-0.05, 0) is 43.3 Å². The van der Waals surface area contributed by atoms with Gasteiger partial charge in [0.2, 0.25) is 5.69 Å². The molecule has 144 valence electrons. The molecule has 0 aliphatic rings. The van der Waals surface area contributed by atoms with Gasteiger partial charge in [-0.15, -0.1) is 0 Å². The summed E-state index contributed by atoms with van der Waals surface area (Å²) in [4.78, 5) is 24.7. The molecular formula is C20H18FN3O4. The van der Waals surface area contributed by atoms with Crippen molar-refractivity contribution >= 4 is 17.6 Å². The Balaban J connectivity index is 1.70. The van der Waals surface area contributed by atoms with E-state index in [2.05, 4.69) is 10.4 Å². The van der Waals surface area contributed by atoms with Crippen LogP contribution in [0, 0.1) is 5.82 Å². The molecule has 0 unspecified atom stereocenters. The Morgan fingerprint density at radius 1 is 1.11 bits per heavy atom. The summed E-state index contributed by atoms with van der Waals surface area (Å²) in [6.07, 6.45) is 0.457. The van der Waals surface area contributed by atoms with Crippen LogP contribution >= 0.6 is 0 Å². The van der Waals surface area contributed by atoms with Crippen LogP contribution in [-0.2, 0) is 9.53 Å². The molecule has 0 aliphatic heterocycles. The monoisotopic (exact) mass is 383 g/mol. The van der Waals surface area contributed by atoms with Crippen LogP contribution in [0.4, 0.5) is 10.1 Å². The van der Waals surface area contributed by atoms with Crippen LogP contribution in [0.15, 0.2) is 60.8 Å². The number of nitrogens with one attached hydrogen (secondary N) is 1. The number of aromatic nitrogens is 2. The van der Waals surface area contributed by atoms with E-state index < -0.39 is 23.8 Å². The zero-order valence-electron chi connectivity index (χ0n) is 15.3. The maximum atomic E-state index is 12.9. The molecule has 1 heterocycles. The molecule has 3 aromatic rings. The van der Waals surface area contributed by atoms with Crippen LogP contribution in [0.2, 0.25) is 0 Å². The van der Waals surface area contributed by atoms with Gasteiger partial charge in [0.25, 0.3) is 5.91 Å². The van der Waals surface area contributed by atoms with E-state index in [1.165, 1.54) is 43.0 Å². The number of nitrogens with zero attached hydrogens (tertiary/aromatic N) is 2. The lowest BCUT2D eigenvalue weighted by molar-refractivity contribution is -0.123. The van der Waals surface area contributed by atoms with Crippen molar-refractivity contribution in [2.24, 2.45) is 0 Å². The highest BCUT2D eigenvalue weighted by Crippen LogP contribution is 2.21. The highest BCUT2D eigenvalue weighted by atomic mass is 19.1. The van der Waals surface area contributed by atoms with Crippen LogP contribution < -0.4 is 10.1 Å². The number of methoxy groups -OCH3 is 1. The lowest BCUT2D eigenvalue weighted by atomic mass is 10.3. The molecule has 0 fully saturated rings. The summed E-state index contributed by atoms with van der Waals surface area (Å²) in [6, 6.07) is 14.4. The molecule has 8 heteroatoms. The number of halogens is 1. The van der Waals surface area contributed by atoms with Crippen LogP contribution in [0.25, 0.3) is 5.69 Å². The summed E-state index contributed by atoms with van der Waals surface area (Å²) in [5.41, 5.74) is 1.08. The van der Waals surface area contributed by atoms with Crippen molar-refractivity contribution in [1.82, 2.24) is 9.78 Å². The Bertz CT molecular complexity index is 971. The SMILES string of the molecule is COc1cn(-c2ccccc2)nc1C(=O)O[C@H](C)C(=O)Nc1ccc(F)cc1. The van der Waals surface area contributed by atoms with Crippen molar-refractivity contribution in [3.05, 3.63) is 72.3 Å². The number of rotatable bonds is 6. The van der Waals surface area contributed by atoms with E-state index in [0.29, 0.717) is 5.69 Å². The van der Waals surface area contributed by atoms with Gasteiger partial charge in [-0.3, -0.25) is 4.79 Å². The molecule has 0 saturated carbocycles. The quantitative estimate of drug-likeness (QED) is 0.661. The summed E-state index contributed by atoms with van der Waals surface area (Å²) in [5, 5.41) is 6.75. The van der Waals surface area contributed by atoms with Gasteiger partial charge in [0.1, 0.15) is 5.82 Å². The van der Waals surface area contributed by atoms with Gasteiger partial charge < -0.3 is 14.8 Å². The number of benzene rings is 2. The van der Waals surface area contributed by atoms with Gasteiger partial charge in [-0.1, -0.05) is 18.2 Å². The summed E-state index contributed by atoms with van der Waals surface area (Å²) >= 11 is 0. The Hall–Kier alpha value is -3.68. The average Bonchev–Trinajstić information content (AvgIpc) is 3.15. The third kappa shape index (κ3) is 4.35. The maximum absolute atomic E-state index is 12.9. The first-order chi connectivity index (χ1) is 13.5. The molecule has 1 amide bonds. The molecule has 7 nitrogen and oxygen atoms in total. The largest absolute Gasteiger partial charge is 0.493 e. The molecule has 3 rings (SSSR count). The molecule has 0 radical (unpaired) electrons. The van der Waals surface area contributed by atoms with E-state index in [0.717, 1.165) is 5.69 Å². The van der Waals surface area contributed by atoms with Crippen LogP contribution in [-0.4, -0.2) is 34.9 Å². The normalized spacial score (nSPS) is 11.5. The molecule has 2 aromatic carbocycles. The average molecular weight is 383 g/mol. The number of amides is 1. The highest BCUT2D eigenvalue weighted by molar-refractivity contribution is 5.97. The number of hydrogen-bond donors (Lipinski definition) is 1.